The van der Waals surface area contributed by atoms with E-state index in [2.05, 4.69) is 10.6 Å². The lowest BCUT2D eigenvalue weighted by atomic mass is 10.2. The predicted octanol–water partition coefficient (Wildman–Crippen LogP) is 0.458. The van der Waals surface area contributed by atoms with E-state index in [1.165, 1.54) is 0 Å². The molecule has 1 aliphatic heterocycles. The molecule has 1 aromatic rings. The number of hydrogen-bond acceptors (Lipinski definition) is 4. The molecule has 0 aromatic heterocycles. The number of carbonyl (C=O) groups excluding carboxylic acids is 1. The Hall–Kier alpha value is -2.12. The van der Waals surface area contributed by atoms with Gasteiger partial charge in [0.2, 0.25) is 0 Å². The van der Waals surface area contributed by atoms with E-state index in [4.69, 9.17) is 5.11 Å². The highest BCUT2D eigenvalue weighted by Crippen LogP contribution is 2.21. The number of β-amino-alcohol motifs (C(OH)–C–C–N with tert-alkyl or cyclic N) is 1. The van der Waals surface area contributed by atoms with Gasteiger partial charge in [-0.15, -0.1) is 0 Å². The van der Waals surface area contributed by atoms with Crippen molar-refractivity contribution in [2.45, 2.75) is 25.1 Å². The fourth-order valence-electron chi connectivity index (χ4n) is 2.45. The van der Waals surface area contributed by atoms with Gasteiger partial charge in [0.25, 0.3) is 0 Å². The predicted molar refractivity (Wildman–Crippen MR) is 77.0 cm³/mol. The first-order chi connectivity index (χ1) is 10.0. The molecule has 4 N–H and O–H groups in total. The van der Waals surface area contributed by atoms with Crippen molar-refractivity contribution in [3.63, 3.8) is 0 Å². The van der Waals surface area contributed by atoms with Gasteiger partial charge >= 0.3 is 12.0 Å². The number of aliphatic hydroxyl groups excluding tert-OH is 1. The number of aliphatic hydroxyl groups is 1. The lowest BCUT2D eigenvalue weighted by Gasteiger charge is -2.22. The van der Waals surface area contributed by atoms with E-state index in [-0.39, 0.29) is 13.0 Å². The molecule has 0 unspecified atom stereocenters. The zero-order chi connectivity index (χ0) is 15.4. The molecule has 7 nitrogen and oxygen atoms in total. The summed E-state index contributed by atoms with van der Waals surface area (Å²) in [5.41, 5.74) is 1.53. The van der Waals surface area contributed by atoms with Crippen molar-refractivity contribution in [1.29, 1.82) is 0 Å². The molecular formula is C14H19N3O4. The Bertz CT molecular complexity index is 535. The lowest BCUT2D eigenvalue weighted by Crippen LogP contribution is -2.43. The molecule has 2 amide bonds. The summed E-state index contributed by atoms with van der Waals surface area (Å²) >= 11 is 0. The monoisotopic (exact) mass is 293 g/mol. The Kier molecular flexibility index (Phi) is 4.77. The Morgan fingerprint density at radius 1 is 1.38 bits per heavy atom. The SMILES string of the molecule is CNCc1ccccc1NC(=O)N1C[C@H](O)C[C@H]1C(=O)O. The van der Waals surface area contributed by atoms with E-state index in [0.29, 0.717) is 12.2 Å². The van der Waals surface area contributed by atoms with Crippen LogP contribution in [-0.4, -0.2) is 52.9 Å². The second-order valence-corrected chi connectivity index (χ2v) is 5.01. The maximum absolute atomic E-state index is 12.3. The largest absolute Gasteiger partial charge is 0.480 e. The van der Waals surface area contributed by atoms with Crippen LogP contribution < -0.4 is 10.6 Å². The van der Waals surface area contributed by atoms with Gasteiger partial charge in [-0.25, -0.2) is 9.59 Å². The van der Waals surface area contributed by atoms with Crippen molar-refractivity contribution in [2.24, 2.45) is 0 Å². The van der Waals surface area contributed by atoms with Crippen LogP contribution in [0.2, 0.25) is 0 Å². The van der Waals surface area contributed by atoms with E-state index in [1.54, 1.807) is 19.2 Å². The number of hydrogen-bond donors (Lipinski definition) is 4. The fraction of sp³-hybridized carbons (Fsp3) is 0.429. The third-order valence-corrected chi connectivity index (χ3v) is 3.45. The minimum absolute atomic E-state index is 0.0248. The minimum Gasteiger partial charge on any atom is -0.480 e. The molecule has 2 rings (SSSR count). The molecule has 1 heterocycles. The van der Waals surface area contributed by atoms with Crippen molar-refractivity contribution in [3.8, 4) is 0 Å². The number of amides is 2. The summed E-state index contributed by atoms with van der Waals surface area (Å²) in [6.07, 6.45) is -0.745. The van der Waals surface area contributed by atoms with Crippen LogP contribution in [0.3, 0.4) is 0 Å². The number of nitrogens with zero attached hydrogens (tertiary/aromatic N) is 1. The highest BCUT2D eigenvalue weighted by Gasteiger charge is 2.39. The first-order valence-electron chi connectivity index (χ1n) is 6.74. The van der Waals surface area contributed by atoms with Crippen molar-refractivity contribution in [2.75, 3.05) is 18.9 Å². The summed E-state index contributed by atoms with van der Waals surface area (Å²) in [5, 5.41) is 24.4. The van der Waals surface area contributed by atoms with Crippen LogP contribution in [0.15, 0.2) is 24.3 Å². The summed E-state index contributed by atoms with van der Waals surface area (Å²) in [6, 6.07) is 5.79. The van der Waals surface area contributed by atoms with Crippen molar-refractivity contribution >= 4 is 17.7 Å². The maximum atomic E-state index is 12.3. The first-order valence-corrected chi connectivity index (χ1v) is 6.74. The Morgan fingerprint density at radius 2 is 2.10 bits per heavy atom. The van der Waals surface area contributed by atoms with Crippen molar-refractivity contribution < 1.29 is 19.8 Å². The van der Waals surface area contributed by atoms with Crippen LogP contribution in [0.1, 0.15) is 12.0 Å². The standard InChI is InChI=1S/C14H19N3O4/c1-15-7-9-4-2-3-5-11(9)16-14(21)17-8-10(18)6-12(17)13(19)20/h2-5,10,12,15,18H,6-8H2,1H3,(H,16,21)(H,19,20)/t10-,12+/m1/s1. The average molecular weight is 293 g/mol. The fourth-order valence-corrected chi connectivity index (χ4v) is 2.45. The number of anilines is 1. The van der Waals surface area contributed by atoms with E-state index in [9.17, 15) is 14.7 Å². The van der Waals surface area contributed by atoms with Gasteiger partial charge in [-0.2, -0.15) is 0 Å². The number of likely N-dealkylation sites (tertiary alicyclic amines) is 1. The molecule has 21 heavy (non-hydrogen) atoms. The summed E-state index contributed by atoms with van der Waals surface area (Å²) in [6.45, 7) is 0.610. The lowest BCUT2D eigenvalue weighted by molar-refractivity contribution is -0.141. The number of rotatable bonds is 4. The van der Waals surface area contributed by atoms with Gasteiger partial charge in [0.05, 0.1) is 6.10 Å². The minimum atomic E-state index is -1.11. The molecule has 0 spiro atoms. The second-order valence-electron chi connectivity index (χ2n) is 5.01. The van der Waals surface area contributed by atoms with E-state index >= 15 is 0 Å². The number of nitrogens with one attached hydrogen (secondary N) is 2. The molecule has 7 heteroatoms. The quantitative estimate of drug-likeness (QED) is 0.646. The molecule has 1 fully saturated rings. The van der Waals surface area contributed by atoms with Gasteiger partial charge in [0.1, 0.15) is 6.04 Å². The van der Waals surface area contributed by atoms with E-state index in [1.807, 2.05) is 12.1 Å². The average Bonchev–Trinajstić information content (AvgIpc) is 2.84. The van der Waals surface area contributed by atoms with Crippen LogP contribution in [0.4, 0.5) is 10.5 Å². The molecule has 0 aliphatic carbocycles. The van der Waals surface area contributed by atoms with Crippen LogP contribution in [0, 0.1) is 0 Å². The van der Waals surface area contributed by atoms with Gasteiger partial charge in [-0.05, 0) is 18.7 Å². The Morgan fingerprint density at radius 3 is 2.76 bits per heavy atom. The summed E-state index contributed by atoms with van der Waals surface area (Å²) in [5.74, 6) is -1.11. The Balaban J connectivity index is 2.12. The molecule has 0 bridgehead atoms. The van der Waals surface area contributed by atoms with Gasteiger partial charge < -0.3 is 25.7 Å². The number of aliphatic carboxylic acids is 1. The maximum Gasteiger partial charge on any atom is 0.326 e. The Labute approximate surface area is 122 Å². The number of carbonyl (C=O) groups is 2. The van der Waals surface area contributed by atoms with Crippen molar-refractivity contribution in [1.82, 2.24) is 10.2 Å². The summed E-state index contributed by atoms with van der Waals surface area (Å²) in [4.78, 5) is 24.5. The third kappa shape index (κ3) is 3.50. The normalized spacial score (nSPS) is 21.3. The second kappa shape index (κ2) is 6.55. The zero-order valence-electron chi connectivity index (χ0n) is 11.7. The van der Waals surface area contributed by atoms with Crippen LogP contribution in [0.5, 0.6) is 0 Å². The first kappa shape index (κ1) is 15.3. The number of urea groups is 1. The van der Waals surface area contributed by atoms with E-state index < -0.39 is 24.1 Å². The zero-order valence-corrected chi connectivity index (χ0v) is 11.7. The third-order valence-electron chi connectivity index (χ3n) is 3.45. The topological polar surface area (TPSA) is 102 Å². The van der Waals surface area contributed by atoms with Crippen LogP contribution in [-0.2, 0) is 11.3 Å². The van der Waals surface area contributed by atoms with Gasteiger partial charge in [-0.1, -0.05) is 18.2 Å². The van der Waals surface area contributed by atoms with Crippen molar-refractivity contribution in [3.05, 3.63) is 29.8 Å². The molecular weight excluding hydrogens is 274 g/mol. The molecule has 1 aromatic carbocycles. The molecule has 0 radical (unpaired) electrons. The summed E-state index contributed by atoms with van der Waals surface area (Å²) < 4.78 is 0. The molecule has 1 saturated heterocycles. The van der Waals surface area contributed by atoms with Crippen LogP contribution >= 0.6 is 0 Å². The summed E-state index contributed by atoms with van der Waals surface area (Å²) in [7, 11) is 1.80. The van der Waals surface area contributed by atoms with Gasteiger partial charge in [0.15, 0.2) is 0 Å². The number of carboxylic acids is 1. The van der Waals surface area contributed by atoms with Gasteiger partial charge in [0, 0.05) is 25.2 Å². The number of benzene rings is 1. The highest BCUT2D eigenvalue weighted by molar-refractivity contribution is 5.93. The van der Waals surface area contributed by atoms with Crippen LogP contribution in [0.25, 0.3) is 0 Å². The molecule has 114 valence electrons. The van der Waals surface area contributed by atoms with Gasteiger partial charge in [-0.3, -0.25) is 0 Å². The van der Waals surface area contributed by atoms with E-state index in [0.717, 1.165) is 10.5 Å². The molecule has 1 aliphatic rings. The smallest absolute Gasteiger partial charge is 0.326 e. The molecule has 0 saturated carbocycles. The number of para-hydroxylation sites is 1. The highest BCUT2D eigenvalue weighted by atomic mass is 16.4. The number of carboxylic acid groups (broad SMARTS) is 1. The molecule has 2 atom stereocenters.